The van der Waals surface area contributed by atoms with Gasteiger partial charge in [0.2, 0.25) is 5.91 Å². The van der Waals surface area contributed by atoms with Gasteiger partial charge in [-0.2, -0.15) is 0 Å². The number of fused-ring (bicyclic) bond motifs is 2. The highest BCUT2D eigenvalue weighted by Crippen LogP contribution is 2.51. The molecule has 3 aliphatic rings. The lowest BCUT2D eigenvalue weighted by molar-refractivity contribution is -0.127. The van der Waals surface area contributed by atoms with Crippen LogP contribution in [0, 0.1) is 23.8 Å². The molecule has 0 aromatic heterocycles. The summed E-state index contributed by atoms with van der Waals surface area (Å²) in [4.78, 5) is 30.7. The molecule has 2 aliphatic heterocycles. The Balaban J connectivity index is 1.15. The third-order valence-electron chi connectivity index (χ3n) is 8.46. The maximum atomic E-state index is 13.4. The first-order chi connectivity index (χ1) is 17.8. The van der Waals surface area contributed by atoms with Crippen molar-refractivity contribution >= 4 is 11.8 Å². The summed E-state index contributed by atoms with van der Waals surface area (Å²) in [5.41, 5.74) is 4.37. The number of nitrogens with one attached hydrogen (secondary N) is 1. The fraction of sp³-hybridized carbons (Fsp3) is 0.548. The topological polar surface area (TPSA) is 61.9 Å². The smallest absolute Gasteiger partial charge is 0.253 e. The van der Waals surface area contributed by atoms with Crippen molar-refractivity contribution in [1.29, 1.82) is 0 Å². The van der Waals surface area contributed by atoms with Gasteiger partial charge < -0.3 is 15.0 Å². The zero-order chi connectivity index (χ0) is 26.2. The summed E-state index contributed by atoms with van der Waals surface area (Å²) >= 11 is 0. The number of carbonyl (C=O) groups is 2. The van der Waals surface area contributed by atoms with Gasteiger partial charge in [0, 0.05) is 44.9 Å². The predicted molar refractivity (Wildman–Crippen MR) is 144 cm³/mol. The second-order valence-corrected chi connectivity index (χ2v) is 11.8. The number of ether oxygens (including phenoxy) is 1. The highest BCUT2D eigenvalue weighted by atomic mass is 16.5. The summed E-state index contributed by atoms with van der Waals surface area (Å²) in [5, 5.41) is 3.26. The van der Waals surface area contributed by atoms with Crippen molar-refractivity contribution < 1.29 is 14.3 Å². The number of carbonyl (C=O) groups excluding carboxylic acids is 2. The molecule has 2 aromatic carbocycles. The normalized spacial score (nSPS) is 24.9. The molecule has 2 heterocycles. The second kappa shape index (κ2) is 10.6. The number of hydrogen-bond donors (Lipinski definition) is 1. The van der Waals surface area contributed by atoms with E-state index in [1.165, 1.54) is 11.1 Å². The first kappa shape index (κ1) is 25.9. The molecule has 37 heavy (non-hydrogen) atoms. The zero-order valence-electron chi connectivity index (χ0n) is 22.6. The van der Waals surface area contributed by atoms with Gasteiger partial charge >= 0.3 is 0 Å². The van der Waals surface area contributed by atoms with Crippen molar-refractivity contribution in [3.8, 4) is 0 Å². The molecular weight excluding hydrogens is 462 g/mol. The molecule has 1 N–H and O–H groups in total. The van der Waals surface area contributed by atoms with Crippen molar-refractivity contribution in [1.82, 2.24) is 15.1 Å². The van der Waals surface area contributed by atoms with Gasteiger partial charge in [-0.25, -0.2) is 0 Å². The molecule has 2 amide bonds. The van der Waals surface area contributed by atoms with E-state index in [0.717, 1.165) is 43.7 Å². The van der Waals surface area contributed by atoms with Gasteiger partial charge in [-0.15, -0.1) is 0 Å². The number of likely N-dealkylation sites (tertiary alicyclic amines) is 1. The minimum absolute atomic E-state index is 0.0638. The average molecular weight is 503 g/mol. The molecule has 5 rings (SSSR count). The monoisotopic (exact) mass is 502 g/mol. The second-order valence-electron chi connectivity index (χ2n) is 11.8. The Kier molecular flexibility index (Phi) is 7.42. The molecule has 1 saturated carbocycles. The van der Waals surface area contributed by atoms with E-state index in [1.807, 2.05) is 36.1 Å². The lowest BCUT2D eigenvalue weighted by atomic mass is 9.86. The highest BCUT2D eigenvalue weighted by Gasteiger charge is 2.56. The Labute approximate surface area is 221 Å². The van der Waals surface area contributed by atoms with E-state index in [-0.39, 0.29) is 23.3 Å². The Hall–Kier alpha value is -2.70. The molecule has 6 heteroatoms. The SMILES string of the molecule is CCOCCN1CCc2cc[c]cc2C1C(=O)NCC1C2CN(C(=O)c3ccc(C(C)(C)C)cc3)CC12. The van der Waals surface area contributed by atoms with Gasteiger partial charge in [0.15, 0.2) is 0 Å². The summed E-state index contributed by atoms with van der Waals surface area (Å²) in [5.74, 6) is 1.61. The van der Waals surface area contributed by atoms with E-state index in [0.29, 0.717) is 37.5 Å². The number of amides is 2. The van der Waals surface area contributed by atoms with Gasteiger partial charge in [-0.05, 0) is 77.5 Å². The predicted octanol–water partition coefficient (Wildman–Crippen LogP) is 3.85. The minimum Gasteiger partial charge on any atom is -0.380 e. The third-order valence-corrected chi connectivity index (χ3v) is 8.46. The quantitative estimate of drug-likeness (QED) is 0.557. The van der Waals surface area contributed by atoms with Gasteiger partial charge in [-0.1, -0.05) is 45.0 Å². The molecule has 0 bridgehead atoms. The molecule has 0 spiro atoms. The maximum Gasteiger partial charge on any atom is 0.253 e. The van der Waals surface area contributed by atoms with Crippen LogP contribution in [0.2, 0.25) is 0 Å². The molecular formula is C31H40N3O3. The van der Waals surface area contributed by atoms with Gasteiger partial charge in [0.1, 0.15) is 6.04 Å². The number of nitrogens with zero attached hydrogens (tertiary/aromatic N) is 2. The molecule has 1 aliphatic carbocycles. The van der Waals surface area contributed by atoms with Crippen LogP contribution in [0.3, 0.4) is 0 Å². The summed E-state index contributed by atoms with van der Waals surface area (Å²) in [6, 6.07) is 16.9. The Morgan fingerprint density at radius 1 is 1.11 bits per heavy atom. The molecule has 197 valence electrons. The number of benzene rings is 2. The summed E-state index contributed by atoms with van der Waals surface area (Å²) < 4.78 is 5.58. The van der Waals surface area contributed by atoms with Crippen molar-refractivity contribution in [3.63, 3.8) is 0 Å². The van der Waals surface area contributed by atoms with Crippen LogP contribution in [0.5, 0.6) is 0 Å². The standard InChI is InChI=1S/C31H40N3O3/c1-5-37-17-16-33-15-14-21-8-6-7-9-24(21)28(33)29(35)32-18-25-26-19-34(20-27(25)26)30(36)22-10-12-23(13-11-22)31(2,3)4/h6,8-13,25-28H,5,14-20H2,1-4H3,(H,32,35). The fourth-order valence-corrected chi connectivity index (χ4v) is 6.15. The maximum absolute atomic E-state index is 13.4. The van der Waals surface area contributed by atoms with Gasteiger partial charge in [-0.3, -0.25) is 14.5 Å². The highest BCUT2D eigenvalue weighted by molar-refractivity contribution is 5.94. The first-order valence-electron chi connectivity index (χ1n) is 13.8. The van der Waals surface area contributed by atoms with E-state index in [9.17, 15) is 9.59 Å². The summed E-state index contributed by atoms with van der Waals surface area (Å²) in [6.07, 6.45) is 0.940. The third kappa shape index (κ3) is 5.46. The van der Waals surface area contributed by atoms with E-state index in [1.54, 1.807) is 0 Å². The van der Waals surface area contributed by atoms with Crippen LogP contribution >= 0.6 is 0 Å². The molecule has 6 nitrogen and oxygen atoms in total. The van der Waals surface area contributed by atoms with Crippen molar-refractivity contribution in [2.75, 3.05) is 45.9 Å². The molecule has 3 atom stereocenters. The summed E-state index contributed by atoms with van der Waals surface area (Å²) in [7, 11) is 0. The van der Waals surface area contributed by atoms with Crippen molar-refractivity contribution in [3.05, 3.63) is 70.8 Å². The van der Waals surface area contributed by atoms with Crippen LogP contribution in [0.25, 0.3) is 0 Å². The van der Waals surface area contributed by atoms with Crippen molar-refractivity contribution in [2.24, 2.45) is 17.8 Å². The summed E-state index contributed by atoms with van der Waals surface area (Å²) in [6.45, 7) is 13.7. The molecule has 2 fully saturated rings. The molecule has 3 unspecified atom stereocenters. The number of piperidine rings is 1. The van der Waals surface area contributed by atoms with Crippen LogP contribution in [0.4, 0.5) is 0 Å². The molecule has 1 radical (unpaired) electrons. The van der Waals surface area contributed by atoms with E-state index in [4.69, 9.17) is 4.74 Å². The first-order valence-corrected chi connectivity index (χ1v) is 13.8. The molecule has 2 aromatic rings. The van der Waals surface area contributed by atoms with Gasteiger partial charge in [0.25, 0.3) is 5.91 Å². The number of rotatable bonds is 8. The fourth-order valence-electron chi connectivity index (χ4n) is 6.15. The van der Waals surface area contributed by atoms with Crippen LogP contribution in [-0.4, -0.2) is 67.6 Å². The Morgan fingerprint density at radius 2 is 1.84 bits per heavy atom. The lowest BCUT2D eigenvalue weighted by Crippen LogP contribution is -2.46. The molecule has 1 saturated heterocycles. The largest absolute Gasteiger partial charge is 0.380 e. The minimum atomic E-state index is -0.297. The van der Waals surface area contributed by atoms with Crippen LogP contribution in [0.15, 0.2) is 42.5 Å². The van der Waals surface area contributed by atoms with Crippen molar-refractivity contribution in [2.45, 2.75) is 45.6 Å². The Morgan fingerprint density at radius 3 is 2.51 bits per heavy atom. The van der Waals surface area contributed by atoms with E-state index >= 15 is 0 Å². The van der Waals surface area contributed by atoms with Crippen LogP contribution in [-0.2, 0) is 21.4 Å². The van der Waals surface area contributed by atoms with E-state index < -0.39 is 0 Å². The lowest BCUT2D eigenvalue weighted by Gasteiger charge is -2.36. The average Bonchev–Trinajstić information content (AvgIpc) is 3.34. The Bertz CT molecular complexity index is 1110. The number of hydrogen-bond acceptors (Lipinski definition) is 4. The van der Waals surface area contributed by atoms with Crippen LogP contribution in [0.1, 0.15) is 60.8 Å². The van der Waals surface area contributed by atoms with Gasteiger partial charge in [0.05, 0.1) is 6.61 Å². The van der Waals surface area contributed by atoms with Crippen LogP contribution < -0.4 is 5.32 Å². The zero-order valence-corrected chi connectivity index (χ0v) is 22.6. The van der Waals surface area contributed by atoms with E-state index in [2.05, 4.69) is 55.3 Å².